The Kier molecular flexibility index (Phi) is 6.62. The molecule has 1 saturated heterocycles. The minimum Gasteiger partial charge on any atom is -0.491 e. The summed E-state index contributed by atoms with van der Waals surface area (Å²) in [6.45, 7) is 0.851. The number of esters is 1. The zero-order valence-electron chi connectivity index (χ0n) is 14.5. The maximum Gasteiger partial charge on any atom is 0.338 e. The molecule has 0 bridgehead atoms. The monoisotopic (exact) mass is 390 g/mol. The molecule has 1 aliphatic heterocycles. The van der Waals surface area contributed by atoms with Crippen LogP contribution in [0.5, 0.6) is 5.75 Å². The highest BCUT2D eigenvalue weighted by atomic mass is 35.5. The summed E-state index contributed by atoms with van der Waals surface area (Å²) in [5.74, 6) is -0.114. The van der Waals surface area contributed by atoms with Gasteiger partial charge in [-0.2, -0.15) is 0 Å². The maximum absolute atomic E-state index is 12.0. The van der Waals surface area contributed by atoms with Crippen LogP contribution in [0.2, 0.25) is 5.02 Å². The number of hydrogen-bond donors (Lipinski definition) is 1. The van der Waals surface area contributed by atoms with Crippen molar-refractivity contribution in [3.63, 3.8) is 0 Å². The van der Waals surface area contributed by atoms with Crippen LogP contribution in [0, 0.1) is 0 Å². The number of carbonyl (C=O) groups is 2. The number of rotatable bonds is 7. The number of benzene rings is 1. The van der Waals surface area contributed by atoms with Crippen LogP contribution >= 0.6 is 11.6 Å². The van der Waals surface area contributed by atoms with Gasteiger partial charge in [-0.1, -0.05) is 11.6 Å². The summed E-state index contributed by atoms with van der Waals surface area (Å²) in [4.78, 5) is 27.8. The number of nitrogens with zero attached hydrogens (tertiary/aromatic N) is 1. The largest absolute Gasteiger partial charge is 0.491 e. The lowest BCUT2D eigenvalue weighted by atomic mass is 10.2. The molecule has 0 spiro atoms. The van der Waals surface area contributed by atoms with Gasteiger partial charge < -0.3 is 19.5 Å². The number of anilines is 1. The Balaban J connectivity index is 1.43. The summed E-state index contributed by atoms with van der Waals surface area (Å²) >= 11 is 5.72. The molecule has 1 aromatic heterocycles. The normalized spacial score (nSPS) is 16.0. The molecular weight excluding hydrogens is 372 g/mol. The van der Waals surface area contributed by atoms with E-state index in [9.17, 15) is 9.59 Å². The second-order valence-corrected chi connectivity index (χ2v) is 6.39. The maximum atomic E-state index is 12.0. The highest BCUT2D eigenvalue weighted by Crippen LogP contribution is 2.17. The van der Waals surface area contributed by atoms with E-state index in [1.54, 1.807) is 36.4 Å². The fourth-order valence-electron chi connectivity index (χ4n) is 2.50. The Morgan fingerprint density at radius 1 is 1.22 bits per heavy atom. The molecule has 2 aromatic rings. The molecule has 8 heteroatoms. The predicted molar refractivity (Wildman–Crippen MR) is 99.1 cm³/mol. The molecule has 0 saturated carbocycles. The molecule has 2 heterocycles. The van der Waals surface area contributed by atoms with Crippen LogP contribution in [0.25, 0.3) is 0 Å². The zero-order valence-corrected chi connectivity index (χ0v) is 15.3. The van der Waals surface area contributed by atoms with Crippen molar-refractivity contribution in [1.29, 1.82) is 0 Å². The molecule has 0 radical (unpaired) electrons. The van der Waals surface area contributed by atoms with Crippen LogP contribution in [0.4, 0.5) is 5.82 Å². The third kappa shape index (κ3) is 5.94. The molecule has 1 atom stereocenters. The zero-order chi connectivity index (χ0) is 19.1. The van der Waals surface area contributed by atoms with Gasteiger partial charge in [0, 0.05) is 12.8 Å². The van der Waals surface area contributed by atoms with E-state index in [4.69, 9.17) is 25.8 Å². The first kappa shape index (κ1) is 19.1. The van der Waals surface area contributed by atoms with Crippen molar-refractivity contribution < 1.29 is 23.8 Å². The minimum absolute atomic E-state index is 0.128. The highest BCUT2D eigenvalue weighted by molar-refractivity contribution is 6.30. The molecule has 1 amide bonds. The van der Waals surface area contributed by atoms with E-state index < -0.39 is 18.5 Å². The van der Waals surface area contributed by atoms with Gasteiger partial charge in [0.25, 0.3) is 5.91 Å². The Morgan fingerprint density at radius 3 is 2.70 bits per heavy atom. The molecule has 7 nitrogen and oxygen atoms in total. The predicted octanol–water partition coefficient (Wildman–Crippen LogP) is 3.09. The van der Waals surface area contributed by atoms with E-state index in [-0.39, 0.29) is 6.10 Å². The number of aromatic nitrogens is 1. The van der Waals surface area contributed by atoms with Crippen LogP contribution < -0.4 is 10.1 Å². The molecule has 0 aliphatic carbocycles. The average molecular weight is 391 g/mol. The average Bonchev–Trinajstić information content (AvgIpc) is 3.20. The molecule has 0 unspecified atom stereocenters. The Hall–Kier alpha value is -2.64. The quantitative estimate of drug-likeness (QED) is 0.731. The number of amides is 1. The molecular formula is C19H19ClN2O5. The van der Waals surface area contributed by atoms with Gasteiger partial charge in [0.2, 0.25) is 0 Å². The molecule has 1 aromatic carbocycles. The second-order valence-electron chi connectivity index (χ2n) is 5.96. The van der Waals surface area contributed by atoms with E-state index in [0.717, 1.165) is 19.4 Å². The van der Waals surface area contributed by atoms with E-state index in [0.29, 0.717) is 28.8 Å². The summed E-state index contributed by atoms with van der Waals surface area (Å²) in [6, 6.07) is 9.69. The topological polar surface area (TPSA) is 86.8 Å². The van der Waals surface area contributed by atoms with Gasteiger partial charge in [-0.3, -0.25) is 4.79 Å². The van der Waals surface area contributed by atoms with Crippen LogP contribution in [-0.4, -0.2) is 42.8 Å². The van der Waals surface area contributed by atoms with Crippen molar-refractivity contribution >= 4 is 29.3 Å². The summed E-state index contributed by atoms with van der Waals surface area (Å²) in [7, 11) is 0. The van der Waals surface area contributed by atoms with Crippen molar-refractivity contribution in [3.8, 4) is 5.75 Å². The van der Waals surface area contributed by atoms with Crippen molar-refractivity contribution in [1.82, 2.24) is 4.98 Å². The van der Waals surface area contributed by atoms with Crippen molar-refractivity contribution in [2.24, 2.45) is 0 Å². The first-order valence-electron chi connectivity index (χ1n) is 8.53. The van der Waals surface area contributed by atoms with Gasteiger partial charge in [-0.15, -0.1) is 0 Å². The number of nitrogens with one attached hydrogen (secondary N) is 1. The summed E-state index contributed by atoms with van der Waals surface area (Å²) < 4.78 is 16.1. The third-order valence-electron chi connectivity index (χ3n) is 3.88. The van der Waals surface area contributed by atoms with E-state index in [1.807, 2.05) is 0 Å². The smallest absolute Gasteiger partial charge is 0.338 e. The lowest BCUT2D eigenvalue weighted by molar-refractivity contribution is -0.119. The van der Waals surface area contributed by atoms with Crippen molar-refractivity contribution in [3.05, 3.63) is 53.2 Å². The third-order valence-corrected chi connectivity index (χ3v) is 4.10. The van der Waals surface area contributed by atoms with Crippen molar-refractivity contribution in [2.75, 3.05) is 25.1 Å². The van der Waals surface area contributed by atoms with Crippen LogP contribution in [0.3, 0.4) is 0 Å². The summed E-state index contributed by atoms with van der Waals surface area (Å²) in [5, 5.41) is 2.97. The van der Waals surface area contributed by atoms with Crippen LogP contribution in [-0.2, 0) is 14.3 Å². The SMILES string of the molecule is O=C(COC(=O)c1ccc(OC[C@@H]2CCCO2)cc1)Nc1ccc(Cl)cn1. The van der Waals surface area contributed by atoms with Crippen LogP contribution in [0.15, 0.2) is 42.6 Å². The minimum atomic E-state index is -0.597. The fraction of sp³-hybridized carbons (Fsp3) is 0.316. The number of carbonyl (C=O) groups excluding carboxylic acids is 2. The van der Waals surface area contributed by atoms with E-state index in [2.05, 4.69) is 10.3 Å². The van der Waals surface area contributed by atoms with Gasteiger partial charge in [0.15, 0.2) is 6.61 Å². The van der Waals surface area contributed by atoms with Gasteiger partial charge in [0.1, 0.15) is 18.2 Å². The number of pyridine rings is 1. The Bertz CT molecular complexity index is 774. The Labute approximate surface area is 161 Å². The van der Waals surface area contributed by atoms with E-state index >= 15 is 0 Å². The molecule has 1 fully saturated rings. The number of hydrogen-bond acceptors (Lipinski definition) is 6. The van der Waals surface area contributed by atoms with Gasteiger partial charge in [-0.05, 0) is 49.2 Å². The Morgan fingerprint density at radius 2 is 2.04 bits per heavy atom. The first-order valence-corrected chi connectivity index (χ1v) is 8.91. The molecule has 1 aliphatic rings. The van der Waals surface area contributed by atoms with Gasteiger partial charge in [0.05, 0.1) is 16.7 Å². The molecule has 142 valence electrons. The molecule has 27 heavy (non-hydrogen) atoms. The fourth-order valence-corrected chi connectivity index (χ4v) is 2.61. The number of ether oxygens (including phenoxy) is 3. The van der Waals surface area contributed by atoms with Gasteiger partial charge in [-0.25, -0.2) is 9.78 Å². The lowest BCUT2D eigenvalue weighted by Crippen LogP contribution is -2.21. The molecule has 1 N–H and O–H groups in total. The second kappa shape index (κ2) is 9.34. The lowest BCUT2D eigenvalue weighted by Gasteiger charge is -2.11. The van der Waals surface area contributed by atoms with Crippen LogP contribution in [0.1, 0.15) is 23.2 Å². The molecule has 3 rings (SSSR count). The van der Waals surface area contributed by atoms with Crippen molar-refractivity contribution in [2.45, 2.75) is 18.9 Å². The standard InChI is InChI=1S/C19H19ClN2O5/c20-14-5-8-17(21-10-14)22-18(23)12-27-19(24)13-3-6-15(7-4-13)26-11-16-2-1-9-25-16/h3-8,10,16H,1-2,9,11-12H2,(H,21,22,23)/t16-/m0/s1. The summed E-state index contributed by atoms with van der Waals surface area (Å²) in [6.07, 6.45) is 3.59. The number of halogens is 1. The first-order chi connectivity index (χ1) is 13.1. The van der Waals surface area contributed by atoms with E-state index in [1.165, 1.54) is 6.20 Å². The van der Waals surface area contributed by atoms with Gasteiger partial charge >= 0.3 is 5.97 Å². The highest BCUT2D eigenvalue weighted by Gasteiger charge is 2.16. The summed E-state index contributed by atoms with van der Waals surface area (Å²) in [5.41, 5.74) is 0.330.